The third-order valence-electron chi connectivity index (χ3n) is 8.28. The smallest absolute Gasteiger partial charge is 0.264 e. The standard InChI is InChI=1S/C36H36Cl3N3O4S/c1-25-8-7-13-30(20-25)42(47(45,46)31-17-15-28(37)16-18-31)24-35(43)41(23-27-14-19-32(38)33(39)21-27)34(22-26-9-3-2-4-10-26)36(44)40-29-11-5-6-12-29/h2-4,7-10,13-21,29,34H,5-6,11-12,22-24H2,1H3,(H,40,44). The molecule has 7 nitrogen and oxygen atoms in total. The Morgan fingerprint density at radius 3 is 2.19 bits per heavy atom. The Kier molecular flexibility index (Phi) is 11.5. The minimum atomic E-state index is -4.24. The molecule has 1 N–H and O–H groups in total. The van der Waals surface area contributed by atoms with Crippen LogP contribution in [0.3, 0.4) is 0 Å². The summed E-state index contributed by atoms with van der Waals surface area (Å²) < 4.78 is 29.4. The number of hydrogen-bond acceptors (Lipinski definition) is 4. The van der Waals surface area contributed by atoms with Gasteiger partial charge in [0.2, 0.25) is 11.8 Å². The summed E-state index contributed by atoms with van der Waals surface area (Å²) in [5.41, 5.74) is 2.63. The number of carbonyl (C=O) groups is 2. The molecule has 2 amide bonds. The van der Waals surface area contributed by atoms with E-state index in [1.165, 1.54) is 29.2 Å². The van der Waals surface area contributed by atoms with Crippen LogP contribution in [0, 0.1) is 6.92 Å². The van der Waals surface area contributed by atoms with Crippen LogP contribution in [0.2, 0.25) is 15.1 Å². The molecule has 1 fully saturated rings. The second-order valence-electron chi connectivity index (χ2n) is 11.8. The molecule has 0 radical (unpaired) electrons. The third kappa shape index (κ3) is 8.87. The average Bonchev–Trinajstić information content (AvgIpc) is 3.56. The molecule has 1 unspecified atom stereocenters. The van der Waals surface area contributed by atoms with Crippen molar-refractivity contribution in [2.24, 2.45) is 0 Å². The Morgan fingerprint density at radius 2 is 1.53 bits per heavy atom. The normalized spacial score (nSPS) is 14.0. The molecule has 11 heteroatoms. The van der Waals surface area contributed by atoms with Crippen LogP contribution in [0.5, 0.6) is 0 Å². The van der Waals surface area contributed by atoms with Gasteiger partial charge in [0, 0.05) is 24.0 Å². The zero-order valence-electron chi connectivity index (χ0n) is 25.9. The first-order valence-corrected chi connectivity index (χ1v) is 18.0. The molecule has 1 aliphatic carbocycles. The zero-order valence-corrected chi connectivity index (χ0v) is 29.0. The topological polar surface area (TPSA) is 86.8 Å². The molecular weight excluding hydrogens is 677 g/mol. The molecule has 0 aromatic heterocycles. The SMILES string of the molecule is Cc1cccc(N(CC(=O)N(Cc2ccc(Cl)c(Cl)c2)C(Cc2ccccc2)C(=O)NC2CCCC2)S(=O)(=O)c2ccc(Cl)cc2)c1. The number of amides is 2. The molecule has 1 atom stereocenters. The molecule has 0 heterocycles. The van der Waals surface area contributed by atoms with Gasteiger partial charge in [-0.15, -0.1) is 0 Å². The summed E-state index contributed by atoms with van der Waals surface area (Å²) in [6.45, 7) is 1.28. The maximum atomic E-state index is 14.6. The van der Waals surface area contributed by atoms with Gasteiger partial charge in [-0.1, -0.05) is 96.2 Å². The van der Waals surface area contributed by atoms with Gasteiger partial charge in [0.15, 0.2) is 0 Å². The van der Waals surface area contributed by atoms with Crippen LogP contribution in [0.15, 0.2) is 102 Å². The maximum Gasteiger partial charge on any atom is 0.264 e. The lowest BCUT2D eigenvalue weighted by Gasteiger charge is -2.34. The molecule has 1 saturated carbocycles. The van der Waals surface area contributed by atoms with E-state index in [1.54, 1.807) is 36.4 Å². The van der Waals surface area contributed by atoms with E-state index >= 15 is 0 Å². The van der Waals surface area contributed by atoms with Crippen molar-refractivity contribution in [3.63, 3.8) is 0 Å². The predicted octanol–water partition coefficient (Wildman–Crippen LogP) is 7.85. The third-order valence-corrected chi connectivity index (χ3v) is 11.1. The molecule has 0 aliphatic heterocycles. The minimum Gasteiger partial charge on any atom is -0.352 e. The van der Waals surface area contributed by atoms with Gasteiger partial charge in [-0.25, -0.2) is 8.42 Å². The van der Waals surface area contributed by atoms with Crippen molar-refractivity contribution in [3.8, 4) is 0 Å². The van der Waals surface area contributed by atoms with Crippen LogP contribution >= 0.6 is 34.8 Å². The van der Waals surface area contributed by atoms with Gasteiger partial charge in [0.25, 0.3) is 10.0 Å². The Labute approximate surface area is 291 Å². The van der Waals surface area contributed by atoms with Crippen LogP contribution in [-0.4, -0.2) is 43.8 Å². The fourth-order valence-electron chi connectivity index (χ4n) is 5.80. The molecule has 47 heavy (non-hydrogen) atoms. The van der Waals surface area contributed by atoms with Crippen molar-refractivity contribution in [2.75, 3.05) is 10.8 Å². The van der Waals surface area contributed by atoms with E-state index in [2.05, 4.69) is 5.32 Å². The van der Waals surface area contributed by atoms with Gasteiger partial charge in [-0.2, -0.15) is 0 Å². The number of benzene rings is 4. The van der Waals surface area contributed by atoms with Crippen LogP contribution in [0.1, 0.15) is 42.4 Å². The largest absolute Gasteiger partial charge is 0.352 e. The number of aryl methyl sites for hydroxylation is 1. The van der Waals surface area contributed by atoms with Gasteiger partial charge in [-0.3, -0.25) is 13.9 Å². The Bertz CT molecular complexity index is 1820. The minimum absolute atomic E-state index is 0.00599. The van der Waals surface area contributed by atoms with E-state index in [0.29, 0.717) is 26.3 Å². The number of nitrogens with one attached hydrogen (secondary N) is 1. The lowest BCUT2D eigenvalue weighted by Crippen LogP contribution is -2.54. The number of nitrogens with zero attached hydrogens (tertiary/aromatic N) is 2. The van der Waals surface area contributed by atoms with Crippen molar-refractivity contribution in [1.29, 1.82) is 0 Å². The van der Waals surface area contributed by atoms with E-state index in [-0.39, 0.29) is 29.8 Å². The highest BCUT2D eigenvalue weighted by molar-refractivity contribution is 7.92. The summed E-state index contributed by atoms with van der Waals surface area (Å²) in [5.74, 6) is -0.852. The summed E-state index contributed by atoms with van der Waals surface area (Å²) in [4.78, 5) is 30.2. The molecule has 246 valence electrons. The van der Waals surface area contributed by atoms with Crippen LogP contribution < -0.4 is 9.62 Å². The molecule has 0 saturated heterocycles. The average molecular weight is 713 g/mol. The van der Waals surface area contributed by atoms with E-state index in [9.17, 15) is 18.0 Å². The highest BCUT2D eigenvalue weighted by Crippen LogP contribution is 2.28. The molecular formula is C36H36Cl3N3O4S. The summed E-state index contributed by atoms with van der Waals surface area (Å²) in [6, 6.07) is 26.3. The summed E-state index contributed by atoms with van der Waals surface area (Å²) >= 11 is 18.6. The zero-order chi connectivity index (χ0) is 33.6. The highest BCUT2D eigenvalue weighted by atomic mass is 35.5. The first-order chi connectivity index (χ1) is 22.5. The van der Waals surface area contributed by atoms with Crippen molar-refractivity contribution in [3.05, 3.63) is 129 Å². The number of anilines is 1. The van der Waals surface area contributed by atoms with E-state index in [4.69, 9.17) is 34.8 Å². The fraction of sp³-hybridized carbons (Fsp3) is 0.278. The van der Waals surface area contributed by atoms with Crippen LogP contribution in [0.4, 0.5) is 5.69 Å². The molecule has 4 aromatic rings. The quantitative estimate of drug-likeness (QED) is 0.162. The van der Waals surface area contributed by atoms with Crippen LogP contribution in [0.25, 0.3) is 0 Å². The van der Waals surface area contributed by atoms with E-state index in [1.807, 2.05) is 43.3 Å². The second-order valence-corrected chi connectivity index (χ2v) is 14.9. The van der Waals surface area contributed by atoms with Crippen molar-refractivity contribution in [2.45, 2.75) is 62.6 Å². The number of rotatable bonds is 12. The summed E-state index contributed by atoms with van der Waals surface area (Å²) in [5, 5.41) is 4.21. The molecule has 1 aliphatic rings. The Hall–Kier alpha value is -3.56. The van der Waals surface area contributed by atoms with Crippen molar-refractivity contribution < 1.29 is 18.0 Å². The number of carbonyl (C=O) groups excluding carboxylic acids is 2. The predicted molar refractivity (Wildman–Crippen MR) is 189 cm³/mol. The van der Waals surface area contributed by atoms with Gasteiger partial charge in [-0.05, 0) is 85.0 Å². The van der Waals surface area contributed by atoms with E-state index < -0.39 is 28.5 Å². The van der Waals surface area contributed by atoms with Crippen molar-refractivity contribution in [1.82, 2.24) is 10.2 Å². The lowest BCUT2D eigenvalue weighted by molar-refractivity contribution is -0.140. The first-order valence-electron chi connectivity index (χ1n) is 15.4. The molecule has 4 aromatic carbocycles. The van der Waals surface area contributed by atoms with Gasteiger partial charge < -0.3 is 10.2 Å². The first kappa shape index (κ1) is 34.8. The second kappa shape index (κ2) is 15.6. The fourth-order valence-corrected chi connectivity index (χ4v) is 7.65. The number of sulfonamides is 1. The van der Waals surface area contributed by atoms with Crippen LogP contribution in [-0.2, 0) is 32.6 Å². The van der Waals surface area contributed by atoms with E-state index in [0.717, 1.165) is 41.1 Å². The Balaban J connectivity index is 1.58. The molecule has 0 bridgehead atoms. The molecule has 0 spiro atoms. The lowest BCUT2D eigenvalue weighted by atomic mass is 10.0. The number of hydrogen-bond donors (Lipinski definition) is 1. The van der Waals surface area contributed by atoms with Crippen molar-refractivity contribution >= 4 is 62.3 Å². The Morgan fingerprint density at radius 1 is 0.830 bits per heavy atom. The van der Waals surface area contributed by atoms with Gasteiger partial charge >= 0.3 is 0 Å². The highest BCUT2D eigenvalue weighted by Gasteiger charge is 2.35. The molecule has 5 rings (SSSR count). The maximum absolute atomic E-state index is 14.6. The summed E-state index contributed by atoms with van der Waals surface area (Å²) in [6.07, 6.45) is 4.00. The summed E-state index contributed by atoms with van der Waals surface area (Å²) in [7, 11) is -4.24. The number of halogens is 3. The monoisotopic (exact) mass is 711 g/mol. The van der Waals surface area contributed by atoms with Gasteiger partial charge in [0.05, 0.1) is 20.6 Å². The van der Waals surface area contributed by atoms with Gasteiger partial charge in [0.1, 0.15) is 12.6 Å².